The van der Waals surface area contributed by atoms with Crippen molar-refractivity contribution in [2.75, 3.05) is 26.2 Å². The number of hydrogen-bond donors (Lipinski definition) is 0. The molecule has 0 aromatic heterocycles. The number of nitro benzene ring substituents is 1. The standard InChI is InChI=1S/C19H21N3O5S/c1-14-7-8-15(2)18(13-14)28(26,27)21-11-9-20(10-12-21)19(23)16-5-3-4-6-17(16)22(24)25/h3-8,13H,9-12H2,1-2H3. The van der Waals surface area contributed by atoms with Crippen molar-refractivity contribution in [2.24, 2.45) is 0 Å². The van der Waals surface area contributed by atoms with Crippen LogP contribution >= 0.6 is 0 Å². The molecule has 2 aromatic carbocycles. The molecule has 1 heterocycles. The van der Waals surface area contributed by atoms with Gasteiger partial charge in [-0.3, -0.25) is 14.9 Å². The number of amides is 1. The Balaban J connectivity index is 1.77. The number of para-hydroxylation sites is 1. The summed E-state index contributed by atoms with van der Waals surface area (Å²) in [6.45, 7) is 4.22. The van der Waals surface area contributed by atoms with E-state index < -0.39 is 20.9 Å². The van der Waals surface area contributed by atoms with E-state index in [4.69, 9.17) is 0 Å². The monoisotopic (exact) mass is 403 g/mol. The molecule has 0 spiro atoms. The Kier molecular flexibility index (Phi) is 5.48. The smallest absolute Gasteiger partial charge is 0.282 e. The number of hydrogen-bond acceptors (Lipinski definition) is 5. The molecule has 0 atom stereocenters. The Morgan fingerprint density at radius 1 is 1.04 bits per heavy atom. The van der Waals surface area contributed by atoms with Gasteiger partial charge in [-0.05, 0) is 37.1 Å². The summed E-state index contributed by atoms with van der Waals surface area (Å²) in [7, 11) is -3.66. The molecule has 148 valence electrons. The maximum absolute atomic E-state index is 13.0. The van der Waals surface area contributed by atoms with E-state index in [2.05, 4.69) is 0 Å². The van der Waals surface area contributed by atoms with Gasteiger partial charge in [0.15, 0.2) is 0 Å². The van der Waals surface area contributed by atoms with Crippen LogP contribution in [0.4, 0.5) is 5.69 Å². The van der Waals surface area contributed by atoms with Crippen molar-refractivity contribution in [3.05, 3.63) is 69.3 Å². The Hall–Kier alpha value is -2.78. The van der Waals surface area contributed by atoms with Crippen LogP contribution in [0, 0.1) is 24.0 Å². The van der Waals surface area contributed by atoms with E-state index in [0.717, 1.165) is 5.56 Å². The van der Waals surface area contributed by atoms with Gasteiger partial charge in [0.05, 0.1) is 9.82 Å². The Morgan fingerprint density at radius 3 is 2.32 bits per heavy atom. The van der Waals surface area contributed by atoms with Crippen LogP contribution in [-0.4, -0.2) is 54.6 Å². The van der Waals surface area contributed by atoms with E-state index >= 15 is 0 Å². The van der Waals surface area contributed by atoms with Crippen molar-refractivity contribution in [2.45, 2.75) is 18.7 Å². The van der Waals surface area contributed by atoms with Gasteiger partial charge in [-0.2, -0.15) is 4.31 Å². The van der Waals surface area contributed by atoms with E-state index in [1.54, 1.807) is 25.1 Å². The third kappa shape index (κ3) is 3.76. The average Bonchev–Trinajstić information content (AvgIpc) is 2.69. The molecule has 8 nitrogen and oxygen atoms in total. The highest BCUT2D eigenvalue weighted by Crippen LogP contribution is 2.24. The van der Waals surface area contributed by atoms with Crippen molar-refractivity contribution in [1.29, 1.82) is 0 Å². The third-order valence-corrected chi connectivity index (χ3v) is 6.86. The van der Waals surface area contributed by atoms with Crippen molar-refractivity contribution in [1.82, 2.24) is 9.21 Å². The molecule has 1 fully saturated rings. The SMILES string of the molecule is Cc1ccc(C)c(S(=O)(=O)N2CCN(C(=O)c3ccccc3[N+](=O)[O-])CC2)c1. The normalized spacial score (nSPS) is 15.4. The average molecular weight is 403 g/mol. The lowest BCUT2D eigenvalue weighted by Crippen LogP contribution is -2.50. The van der Waals surface area contributed by atoms with E-state index in [9.17, 15) is 23.3 Å². The van der Waals surface area contributed by atoms with Crippen molar-refractivity contribution >= 4 is 21.6 Å². The highest BCUT2D eigenvalue weighted by molar-refractivity contribution is 7.89. The topological polar surface area (TPSA) is 101 Å². The molecule has 0 N–H and O–H groups in total. The predicted octanol–water partition coefficient (Wildman–Crippen LogP) is 2.36. The number of sulfonamides is 1. The summed E-state index contributed by atoms with van der Waals surface area (Å²) in [5.41, 5.74) is 1.29. The van der Waals surface area contributed by atoms with Crippen molar-refractivity contribution in [3.8, 4) is 0 Å². The predicted molar refractivity (Wildman–Crippen MR) is 104 cm³/mol. The minimum Gasteiger partial charge on any atom is -0.336 e. The summed E-state index contributed by atoms with van der Waals surface area (Å²) in [5, 5.41) is 11.2. The number of nitrogens with zero attached hydrogens (tertiary/aromatic N) is 3. The van der Waals surface area contributed by atoms with Crippen molar-refractivity contribution in [3.63, 3.8) is 0 Å². The van der Waals surface area contributed by atoms with Gasteiger partial charge < -0.3 is 4.90 Å². The first-order chi connectivity index (χ1) is 13.2. The van der Waals surface area contributed by atoms with E-state index in [0.29, 0.717) is 5.56 Å². The van der Waals surface area contributed by atoms with Crippen LogP contribution in [0.15, 0.2) is 47.4 Å². The molecule has 0 bridgehead atoms. The lowest BCUT2D eigenvalue weighted by Gasteiger charge is -2.34. The zero-order chi connectivity index (χ0) is 20.5. The second-order valence-corrected chi connectivity index (χ2v) is 8.65. The summed E-state index contributed by atoms with van der Waals surface area (Å²) in [6, 6.07) is 11.1. The molecular weight excluding hydrogens is 382 g/mol. The van der Waals surface area contributed by atoms with Crippen LogP contribution in [0.3, 0.4) is 0 Å². The first-order valence-electron chi connectivity index (χ1n) is 8.82. The molecule has 0 aliphatic carbocycles. The second-order valence-electron chi connectivity index (χ2n) is 6.74. The second kappa shape index (κ2) is 7.69. The fraction of sp³-hybridized carbons (Fsp3) is 0.316. The molecule has 3 rings (SSSR count). The molecule has 0 radical (unpaired) electrons. The first kappa shape index (κ1) is 20.0. The molecule has 0 saturated carbocycles. The maximum atomic E-state index is 13.0. The molecule has 1 aliphatic heterocycles. The highest BCUT2D eigenvalue weighted by Gasteiger charge is 2.33. The number of carbonyl (C=O) groups excluding carboxylic acids is 1. The molecule has 2 aromatic rings. The van der Waals surface area contributed by atoms with Gasteiger partial charge >= 0.3 is 0 Å². The van der Waals surface area contributed by atoms with Gasteiger partial charge in [0.2, 0.25) is 10.0 Å². The lowest BCUT2D eigenvalue weighted by molar-refractivity contribution is -0.385. The Morgan fingerprint density at radius 2 is 1.68 bits per heavy atom. The number of benzene rings is 2. The summed E-state index contributed by atoms with van der Waals surface area (Å²) >= 11 is 0. The summed E-state index contributed by atoms with van der Waals surface area (Å²) in [5.74, 6) is -0.462. The Labute approximate surface area is 163 Å². The van der Waals surface area contributed by atoms with Crippen LogP contribution in [0.5, 0.6) is 0 Å². The fourth-order valence-electron chi connectivity index (χ4n) is 3.24. The van der Waals surface area contributed by atoms with Crippen LogP contribution in [-0.2, 0) is 10.0 Å². The van der Waals surface area contributed by atoms with Gasteiger partial charge in [0.25, 0.3) is 11.6 Å². The minimum atomic E-state index is -3.66. The largest absolute Gasteiger partial charge is 0.336 e. The Bertz CT molecular complexity index is 1030. The number of rotatable bonds is 4. The van der Waals surface area contributed by atoms with E-state index in [-0.39, 0.29) is 42.3 Å². The fourth-order valence-corrected chi connectivity index (χ4v) is 4.97. The third-order valence-electron chi connectivity index (χ3n) is 4.82. The van der Waals surface area contributed by atoms with Gasteiger partial charge in [0.1, 0.15) is 5.56 Å². The lowest BCUT2D eigenvalue weighted by atomic mass is 10.1. The summed E-state index contributed by atoms with van der Waals surface area (Å²) < 4.78 is 27.3. The van der Waals surface area contributed by atoms with E-state index in [1.807, 2.05) is 13.0 Å². The highest BCUT2D eigenvalue weighted by atomic mass is 32.2. The minimum absolute atomic E-state index is 0.0123. The number of aryl methyl sites for hydroxylation is 2. The molecular formula is C19H21N3O5S. The molecule has 1 amide bonds. The van der Waals surface area contributed by atoms with Crippen LogP contribution < -0.4 is 0 Å². The molecule has 9 heteroatoms. The van der Waals surface area contributed by atoms with Crippen LogP contribution in [0.2, 0.25) is 0 Å². The summed E-state index contributed by atoms with van der Waals surface area (Å²) in [4.78, 5) is 25.0. The van der Waals surface area contributed by atoms with Crippen molar-refractivity contribution < 1.29 is 18.1 Å². The van der Waals surface area contributed by atoms with Crippen LogP contribution in [0.25, 0.3) is 0 Å². The van der Waals surface area contributed by atoms with Crippen LogP contribution in [0.1, 0.15) is 21.5 Å². The van der Waals surface area contributed by atoms with Gasteiger partial charge in [-0.25, -0.2) is 8.42 Å². The maximum Gasteiger partial charge on any atom is 0.282 e. The van der Waals surface area contributed by atoms with Gasteiger partial charge in [0, 0.05) is 32.2 Å². The first-order valence-corrected chi connectivity index (χ1v) is 10.3. The number of nitro groups is 1. The molecule has 1 aliphatic rings. The number of piperazine rings is 1. The van der Waals surface area contributed by atoms with E-state index in [1.165, 1.54) is 27.4 Å². The summed E-state index contributed by atoms with van der Waals surface area (Å²) in [6.07, 6.45) is 0. The molecule has 28 heavy (non-hydrogen) atoms. The molecule has 0 unspecified atom stereocenters. The van der Waals surface area contributed by atoms with Gasteiger partial charge in [-0.1, -0.05) is 24.3 Å². The van der Waals surface area contributed by atoms with Gasteiger partial charge in [-0.15, -0.1) is 0 Å². The number of carbonyl (C=O) groups is 1. The zero-order valence-electron chi connectivity index (χ0n) is 15.7. The zero-order valence-corrected chi connectivity index (χ0v) is 16.5. The quantitative estimate of drug-likeness (QED) is 0.576. The molecule has 1 saturated heterocycles.